The largest absolute Gasteiger partial charge is 0.750 e. The lowest BCUT2D eigenvalue weighted by Crippen LogP contribution is -2.23. The zero-order valence-corrected chi connectivity index (χ0v) is 17.6. The lowest BCUT2D eigenvalue weighted by atomic mass is 10.1. The van der Waals surface area contributed by atoms with Crippen LogP contribution in [0.25, 0.3) is 6.20 Å². The van der Waals surface area contributed by atoms with Crippen LogP contribution in [0.2, 0.25) is 0 Å². The van der Waals surface area contributed by atoms with Gasteiger partial charge in [0.2, 0.25) is 0 Å². The molecule has 30 heavy (non-hydrogen) atoms. The maximum Gasteiger partial charge on any atom is 0.750 e. The highest BCUT2D eigenvalue weighted by molar-refractivity contribution is 7.33. The molecule has 1 aliphatic rings. The summed E-state index contributed by atoms with van der Waals surface area (Å²) in [6, 6.07) is 10.2. The van der Waals surface area contributed by atoms with E-state index < -0.39 is 19.4 Å². The van der Waals surface area contributed by atoms with Gasteiger partial charge in [0, 0.05) is 17.0 Å². The third-order valence-corrected chi connectivity index (χ3v) is 5.26. The van der Waals surface area contributed by atoms with Crippen LogP contribution in [-0.4, -0.2) is 28.7 Å². The molecule has 1 aliphatic carbocycles. The number of hydrogen-bond acceptors (Lipinski definition) is 8. The zero-order chi connectivity index (χ0) is 21.7. The van der Waals surface area contributed by atoms with Crippen molar-refractivity contribution in [3.63, 3.8) is 0 Å². The molecule has 3 rings (SSSR count). The molecule has 2 atom stereocenters. The number of carbonyl (C=O) groups excluding carboxylic acids is 1. The molecule has 0 bridgehead atoms. The molecule has 2 unspecified atom stereocenters. The Morgan fingerprint density at radius 2 is 2.03 bits per heavy atom. The number of aromatic nitrogens is 2. The highest BCUT2D eigenvalue weighted by Crippen LogP contribution is 2.54. The summed E-state index contributed by atoms with van der Waals surface area (Å²) in [4.78, 5) is 27.6. The minimum Gasteiger partial charge on any atom is -0.464 e. The summed E-state index contributed by atoms with van der Waals surface area (Å²) in [5, 5.41) is 0. The smallest absolute Gasteiger partial charge is 0.464 e. The molecule has 1 aromatic heterocycles. The summed E-state index contributed by atoms with van der Waals surface area (Å²) in [6.45, 7) is 3.52. The highest BCUT2D eigenvalue weighted by atomic mass is 31.1. The predicted octanol–water partition coefficient (Wildman–Crippen LogP) is 3.01. The predicted molar refractivity (Wildman–Crippen MR) is 111 cm³/mol. The fourth-order valence-corrected chi connectivity index (χ4v) is 3.37. The Labute approximate surface area is 174 Å². The molecule has 0 radical (unpaired) electrons. The second-order valence-corrected chi connectivity index (χ2v) is 8.21. The van der Waals surface area contributed by atoms with Gasteiger partial charge >= 0.3 is 19.9 Å². The lowest BCUT2D eigenvalue weighted by molar-refractivity contribution is -0.149. The molecule has 0 amide bonds. The molecular formula is C20H23N3O6P+. The normalized spacial score (nSPS) is 19.6. The van der Waals surface area contributed by atoms with Gasteiger partial charge in [-0.2, -0.15) is 4.98 Å². The van der Waals surface area contributed by atoms with Crippen LogP contribution in [0.3, 0.4) is 0 Å². The summed E-state index contributed by atoms with van der Waals surface area (Å²) >= 11 is 0. The fourth-order valence-electron chi connectivity index (χ4n) is 2.67. The Hall–Kier alpha value is -3.03. The summed E-state index contributed by atoms with van der Waals surface area (Å²) in [7, 11) is -2.42. The van der Waals surface area contributed by atoms with Crippen LogP contribution in [0, 0.1) is 11.3 Å². The number of anilines is 1. The van der Waals surface area contributed by atoms with Gasteiger partial charge in [0.05, 0.1) is 11.3 Å². The van der Waals surface area contributed by atoms with E-state index in [2.05, 4.69) is 4.98 Å². The van der Waals surface area contributed by atoms with E-state index in [1.807, 2.05) is 6.07 Å². The third-order valence-electron chi connectivity index (χ3n) is 4.56. The van der Waals surface area contributed by atoms with E-state index in [0.29, 0.717) is 12.2 Å². The number of benzene rings is 1. The molecular weight excluding hydrogens is 409 g/mol. The van der Waals surface area contributed by atoms with Crippen LogP contribution >= 0.6 is 8.25 Å². The van der Waals surface area contributed by atoms with Crippen molar-refractivity contribution in [1.82, 2.24) is 9.55 Å². The first-order chi connectivity index (χ1) is 14.3. The molecule has 2 N–H and O–H groups in total. The Bertz CT molecular complexity index is 1020. The van der Waals surface area contributed by atoms with E-state index in [-0.39, 0.29) is 30.9 Å². The molecule has 0 aliphatic heterocycles. The average Bonchev–Trinajstić information content (AvgIpc) is 3.40. The molecule has 158 valence electrons. The van der Waals surface area contributed by atoms with Crippen molar-refractivity contribution in [3.8, 4) is 5.75 Å². The third kappa shape index (κ3) is 5.52. The molecule has 0 saturated heterocycles. The first-order valence-electron chi connectivity index (χ1n) is 9.35. The number of ether oxygens (including phenoxy) is 1. The van der Waals surface area contributed by atoms with Gasteiger partial charge in [0.25, 0.3) is 0 Å². The van der Waals surface area contributed by atoms with Crippen LogP contribution in [0.5, 0.6) is 5.75 Å². The Morgan fingerprint density at radius 1 is 1.30 bits per heavy atom. The van der Waals surface area contributed by atoms with Gasteiger partial charge < -0.3 is 10.5 Å². The SMILES string of the molecule is CC(C)C(=O)OCC1(CO[P+](=O)Oc2ccccc2)C/C1=C/n1ccc(N)nc1=O. The van der Waals surface area contributed by atoms with Crippen molar-refractivity contribution in [2.75, 3.05) is 18.9 Å². The quantitative estimate of drug-likeness (QED) is 0.474. The molecule has 1 heterocycles. The molecule has 1 aromatic carbocycles. The molecule has 0 spiro atoms. The standard InChI is InChI=1S/C20H22N3O6P/c1-14(2)18(24)27-12-20(13-28-30(26)29-16-6-4-3-5-7-16)10-15(20)11-23-9-8-17(21)22-19(23)25/h3-9,11,14H,10,12-13H2,1-2H3,(H-,21,22,25)/p+1/b15-11-. The van der Waals surface area contributed by atoms with Gasteiger partial charge in [-0.1, -0.05) is 32.0 Å². The van der Waals surface area contributed by atoms with Crippen molar-refractivity contribution in [3.05, 3.63) is 58.7 Å². The Balaban J connectivity index is 1.71. The topological polar surface area (TPSA) is 123 Å². The van der Waals surface area contributed by atoms with Crippen LogP contribution in [0.15, 0.2) is 53.0 Å². The van der Waals surface area contributed by atoms with E-state index in [9.17, 15) is 14.2 Å². The van der Waals surface area contributed by atoms with E-state index in [1.54, 1.807) is 44.3 Å². The fraction of sp³-hybridized carbons (Fsp3) is 0.350. The number of hydrogen-bond donors (Lipinski definition) is 1. The number of para-hydroxylation sites is 1. The summed E-state index contributed by atoms with van der Waals surface area (Å²) < 4.78 is 29.5. The van der Waals surface area contributed by atoms with E-state index in [1.165, 1.54) is 16.8 Å². The zero-order valence-electron chi connectivity index (χ0n) is 16.7. The lowest BCUT2D eigenvalue weighted by Gasteiger charge is -2.13. The maximum absolute atomic E-state index is 12.2. The summed E-state index contributed by atoms with van der Waals surface area (Å²) in [5.41, 5.74) is 5.10. The van der Waals surface area contributed by atoms with Crippen molar-refractivity contribution >= 4 is 26.2 Å². The van der Waals surface area contributed by atoms with E-state index in [0.717, 1.165) is 5.57 Å². The summed E-state index contributed by atoms with van der Waals surface area (Å²) in [6.07, 6.45) is 3.61. The summed E-state index contributed by atoms with van der Waals surface area (Å²) in [5.74, 6) is -0.0843. The number of nitrogens with zero attached hydrogens (tertiary/aromatic N) is 2. The monoisotopic (exact) mass is 432 g/mol. The highest BCUT2D eigenvalue weighted by Gasteiger charge is 2.53. The molecule has 9 nitrogen and oxygen atoms in total. The number of rotatable bonds is 9. The van der Waals surface area contributed by atoms with Gasteiger partial charge in [0.1, 0.15) is 19.0 Å². The van der Waals surface area contributed by atoms with Gasteiger partial charge in [-0.25, -0.2) is 9.32 Å². The van der Waals surface area contributed by atoms with Crippen molar-refractivity contribution in [1.29, 1.82) is 0 Å². The minimum atomic E-state index is -2.42. The average molecular weight is 432 g/mol. The Kier molecular flexibility index (Phi) is 6.64. The number of esters is 1. The van der Waals surface area contributed by atoms with Crippen LogP contribution < -0.4 is 15.9 Å². The molecule has 1 fully saturated rings. The first-order valence-corrected chi connectivity index (χ1v) is 10.4. The molecule has 2 aromatic rings. The van der Waals surface area contributed by atoms with E-state index >= 15 is 0 Å². The van der Waals surface area contributed by atoms with Crippen molar-refractivity contribution in [2.45, 2.75) is 20.3 Å². The second kappa shape index (κ2) is 9.19. The van der Waals surface area contributed by atoms with Gasteiger partial charge in [-0.3, -0.25) is 9.36 Å². The van der Waals surface area contributed by atoms with Gasteiger partial charge in [-0.15, -0.1) is 4.52 Å². The minimum absolute atomic E-state index is 0.00337. The second-order valence-electron chi connectivity index (χ2n) is 7.32. The number of nitrogens with two attached hydrogens (primary N) is 1. The van der Waals surface area contributed by atoms with Crippen LogP contribution in [0.1, 0.15) is 20.3 Å². The number of carbonyl (C=O) groups is 1. The van der Waals surface area contributed by atoms with E-state index in [4.69, 9.17) is 19.5 Å². The van der Waals surface area contributed by atoms with Gasteiger partial charge in [-0.05, 0) is 30.2 Å². The van der Waals surface area contributed by atoms with Crippen LogP contribution in [0.4, 0.5) is 5.82 Å². The van der Waals surface area contributed by atoms with Gasteiger partial charge in [0.15, 0.2) is 5.75 Å². The molecule has 10 heteroatoms. The van der Waals surface area contributed by atoms with Crippen molar-refractivity contribution < 1.29 is 23.1 Å². The molecule has 1 saturated carbocycles. The number of nitrogen functional groups attached to an aromatic ring is 1. The first kappa shape index (κ1) is 21.7. The Morgan fingerprint density at radius 3 is 2.70 bits per heavy atom. The van der Waals surface area contributed by atoms with Crippen LogP contribution in [-0.2, 0) is 18.6 Å². The van der Waals surface area contributed by atoms with Crippen molar-refractivity contribution in [2.24, 2.45) is 11.3 Å². The maximum atomic E-state index is 12.2.